The highest BCUT2D eigenvalue weighted by Gasteiger charge is 2.13. The molecule has 1 aromatic carbocycles. The topological polar surface area (TPSA) is 79.3 Å². The zero-order valence-corrected chi connectivity index (χ0v) is 9.80. The van der Waals surface area contributed by atoms with Gasteiger partial charge >= 0.3 is 5.97 Å². The van der Waals surface area contributed by atoms with Gasteiger partial charge in [-0.1, -0.05) is 24.3 Å². The number of carbonyl (C=O) groups is 2. The second-order valence-corrected chi connectivity index (χ2v) is 3.83. The van der Waals surface area contributed by atoms with E-state index in [2.05, 4.69) is 10.3 Å². The minimum Gasteiger partial charge on any atom is -0.481 e. The third-order valence-corrected chi connectivity index (χ3v) is 2.66. The zero-order chi connectivity index (χ0) is 13.1. The van der Waals surface area contributed by atoms with Crippen LogP contribution in [-0.4, -0.2) is 29.0 Å². The minimum absolute atomic E-state index is 0.110. The molecule has 0 radical (unpaired) electrons. The van der Waals surface area contributed by atoms with Crippen molar-refractivity contribution in [2.75, 3.05) is 7.05 Å². The van der Waals surface area contributed by atoms with Gasteiger partial charge < -0.3 is 10.4 Å². The smallest absolute Gasteiger partial charge is 0.307 e. The van der Waals surface area contributed by atoms with E-state index in [-0.39, 0.29) is 12.3 Å². The van der Waals surface area contributed by atoms with Crippen LogP contribution in [0.1, 0.15) is 16.1 Å². The molecule has 0 aliphatic heterocycles. The summed E-state index contributed by atoms with van der Waals surface area (Å²) in [6.07, 6.45) is 1.34. The van der Waals surface area contributed by atoms with Crippen LogP contribution in [0.4, 0.5) is 0 Å². The molecule has 0 atom stereocenters. The Balaban J connectivity index is 2.66. The van der Waals surface area contributed by atoms with Crippen molar-refractivity contribution in [2.24, 2.45) is 0 Å². The number of aliphatic carboxylic acids is 1. The van der Waals surface area contributed by atoms with Gasteiger partial charge in [0.25, 0.3) is 5.91 Å². The van der Waals surface area contributed by atoms with E-state index in [1.807, 2.05) is 0 Å². The van der Waals surface area contributed by atoms with Crippen LogP contribution in [0.2, 0.25) is 0 Å². The Morgan fingerprint density at radius 1 is 1.28 bits per heavy atom. The lowest BCUT2D eigenvalue weighted by Crippen LogP contribution is -2.20. The van der Waals surface area contributed by atoms with E-state index in [0.717, 1.165) is 5.39 Å². The molecule has 1 amide bonds. The SMILES string of the molecule is CNC(=O)c1ncc(CC(=O)O)c2ccccc12. The van der Waals surface area contributed by atoms with Crippen molar-refractivity contribution >= 4 is 22.6 Å². The zero-order valence-electron chi connectivity index (χ0n) is 9.80. The van der Waals surface area contributed by atoms with E-state index < -0.39 is 5.97 Å². The number of nitrogens with zero attached hydrogens (tertiary/aromatic N) is 1. The fourth-order valence-electron chi connectivity index (χ4n) is 1.85. The minimum atomic E-state index is -0.922. The molecular weight excluding hydrogens is 232 g/mol. The van der Waals surface area contributed by atoms with Crippen LogP contribution in [0.25, 0.3) is 10.8 Å². The summed E-state index contributed by atoms with van der Waals surface area (Å²) < 4.78 is 0. The molecule has 0 bridgehead atoms. The van der Waals surface area contributed by atoms with Gasteiger partial charge in [0.1, 0.15) is 5.69 Å². The van der Waals surface area contributed by atoms with Gasteiger partial charge in [-0.05, 0) is 10.9 Å². The summed E-state index contributed by atoms with van der Waals surface area (Å²) >= 11 is 0. The second kappa shape index (κ2) is 4.83. The van der Waals surface area contributed by atoms with Crippen molar-refractivity contribution in [1.29, 1.82) is 0 Å². The first-order chi connectivity index (χ1) is 8.63. The molecule has 5 heteroatoms. The number of carboxylic acids is 1. The molecule has 18 heavy (non-hydrogen) atoms. The van der Waals surface area contributed by atoms with Crippen molar-refractivity contribution in [1.82, 2.24) is 10.3 Å². The summed E-state index contributed by atoms with van der Waals surface area (Å²) in [5.74, 6) is -1.21. The van der Waals surface area contributed by atoms with Crippen LogP contribution in [-0.2, 0) is 11.2 Å². The average molecular weight is 244 g/mol. The molecule has 92 valence electrons. The Morgan fingerprint density at radius 3 is 2.56 bits per heavy atom. The maximum absolute atomic E-state index is 11.7. The van der Waals surface area contributed by atoms with E-state index in [4.69, 9.17) is 5.11 Å². The normalized spacial score (nSPS) is 10.3. The first kappa shape index (κ1) is 12.0. The summed E-state index contributed by atoms with van der Waals surface area (Å²) in [4.78, 5) is 26.5. The molecule has 0 saturated heterocycles. The van der Waals surface area contributed by atoms with Gasteiger partial charge in [-0.3, -0.25) is 14.6 Å². The molecule has 2 N–H and O–H groups in total. The quantitative estimate of drug-likeness (QED) is 0.850. The number of aromatic nitrogens is 1. The van der Waals surface area contributed by atoms with E-state index in [0.29, 0.717) is 16.6 Å². The number of amides is 1. The molecule has 2 aromatic rings. The van der Waals surface area contributed by atoms with Crippen molar-refractivity contribution < 1.29 is 14.7 Å². The van der Waals surface area contributed by atoms with Gasteiger partial charge in [0.2, 0.25) is 0 Å². The Hall–Kier alpha value is -2.43. The van der Waals surface area contributed by atoms with E-state index in [1.165, 1.54) is 13.2 Å². The van der Waals surface area contributed by atoms with Crippen LogP contribution < -0.4 is 5.32 Å². The van der Waals surface area contributed by atoms with Crippen LogP contribution >= 0.6 is 0 Å². The monoisotopic (exact) mass is 244 g/mol. The fraction of sp³-hybridized carbons (Fsp3) is 0.154. The lowest BCUT2D eigenvalue weighted by atomic mass is 10.0. The number of rotatable bonds is 3. The standard InChI is InChI=1S/C13H12N2O3/c1-14-13(18)12-10-5-3-2-4-9(10)8(7-15-12)6-11(16)17/h2-5,7H,6H2,1H3,(H,14,18)(H,16,17). The Kier molecular flexibility index (Phi) is 3.23. The van der Waals surface area contributed by atoms with Crippen LogP contribution in [0, 0.1) is 0 Å². The summed E-state index contributed by atoms with van der Waals surface area (Å²) in [5.41, 5.74) is 0.910. The number of nitrogens with one attached hydrogen (secondary N) is 1. The Bertz CT molecular complexity index is 623. The Morgan fingerprint density at radius 2 is 1.94 bits per heavy atom. The second-order valence-electron chi connectivity index (χ2n) is 3.83. The van der Waals surface area contributed by atoms with E-state index in [1.54, 1.807) is 24.3 Å². The molecular formula is C13H12N2O3. The summed E-state index contributed by atoms with van der Waals surface area (Å²) in [6, 6.07) is 7.16. The number of hydrogen-bond acceptors (Lipinski definition) is 3. The first-order valence-corrected chi connectivity index (χ1v) is 5.44. The molecule has 0 spiro atoms. The predicted molar refractivity (Wildman–Crippen MR) is 66.5 cm³/mol. The molecule has 1 heterocycles. The number of carboxylic acid groups (broad SMARTS) is 1. The highest BCUT2D eigenvalue weighted by atomic mass is 16.4. The number of hydrogen-bond donors (Lipinski definition) is 2. The number of pyridine rings is 1. The maximum atomic E-state index is 11.7. The third kappa shape index (κ3) is 2.15. The molecule has 2 rings (SSSR count). The third-order valence-electron chi connectivity index (χ3n) is 2.66. The highest BCUT2D eigenvalue weighted by molar-refractivity contribution is 6.06. The number of benzene rings is 1. The molecule has 0 aliphatic rings. The molecule has 0 fully saturated rings. The van der Waals surface area contributed by atoms with Crippen LogP contribution in [0.5, 0.6) is 0 Å². The van der Waals surface area contributed by atoms with E-state index >= 15 is 0 Å². The molecule has 0 aliphatic carbocycles. The van der Waals surface area contributed by atoms with Gasteiger partial charge in [0, 0.05) is 18.6 Å². The highest BCUT2D eigenvalue weighted by Crippen LogP contribution is 2.21. The van der Waals surface area contributed by atoms with Gasteiger partial charge in [-0.15, -0.1) is 0 Å². The summed E-state index contributed by atoms with van der Waals surface area (Å²) in [5, 5.41) is 12.8. The Labute approximate surface area is 103 Å². The predicted octanol–water partition coefficient (Wildman–Crippen LogP) is 1.22. The average Bonchev–Trinajstić information content (AvgIpc) is 2.38. The largest absolute Gasteiger partial charge is 0.481 e. The van der Waals surface area contributed by atoms with Crippen molar-refractivity contribution in [3.63, 3.8) is 0 Å². The number of fused-ring (bicyclic) bond motifs is 1. The summed E-state index contributed by atoms with van der Waals surface area (Å²) in [7, 11) is 1.53. The first-order valence-electron chi connectivity index (χ1n) is 5.44. The molecule has 5 nitrogen and oxygen atoms in total. The van der Waals surface area contributed by atoms with Gasteiger partial charge in [0.05, 0.1) is 6.42 Å². The van der Waals surface area contributed by atoms with Gasteiger partial charge in [-0.25, -0.2) is 0 Å². The van der Waals surface area contributed by atoms with Crippen molar-refractivity contribution in [2.45, 2.75) is 6.42 Å². The van der Waals surface area contributed by atoms with Gasteiger partial charge in [0.15, 0.2) is 0 Å². The fourth-order valence-corrected chi connectivity index (χ4v) is 1.85. The number of carbonyl (C=O) groups excluding carboxylic acids is 1. The van der Waals surface area contributed by atoms with E-state index in [9.17, 15) is 9.59 Å². The maximum Gasteiger partial charge on any atom is 0.307 e. The van der Waals surface area contributed by atoms with Crippen molar-refractivity contribution in [3.05, 3.63) is 41.7 Å². The molecule has 0 unspecified atom stereocenters. The van der Waals surface area contributed by atoms with Gasteiger partial charge in [-0.2, -0.15) is 0 Å². The van der Waals surface area contributed by atoms with Crippen molar-refractivity contribution in [3.8, 4) is 0 Å². The summed E-state index contributed by atoms with van der Waals surface area (Å²) in [6.45, 7) is 0. The molecule has 0 saturated carbocycles. The van der Waals surface area contributed by atoms with Crippen LogP contribution in [0.15, 0.2) is 30.5 Å². The lowest BCUT2D eigenvalue weighted by Gasteiger charge is -2.08. The lowest BCUT2D eigenvalue weighted by molar-refractivity contribution is -0.136. The van der Waals surface area contributed by atoms with Crippen LogP contribution in [0.3, 0.4) is 0 Å². The molecule has 1 aromatic heterocycles.